The summed E-state index contributed by atoms with van der Waals surface area (Å²) in [6.45, 7) is 13.1. The van der Waals surface area contributed by atoms with Crippen LogP contribution in [0.15, 0.2) is 0 Å². The van der Waals surface area contributed by atoms with Gasteiger partial charge in [-0.25, -0.2) is 0 Å². The van der Waals surface area contributed by atoms with Gasteiger partial charge in [0.15, 0.2) is 0 Å². The van der Waals surface area contributed by atoms with Gasteiger partial charge in [0.05, 0.1) is 6.10 Å². The van der Waals surface area contributed by atoms with E-state index >= 15 is 0 Å². The maximum atomic E-state index is 12.4. The standard InChI is InChI=1S/C25H43NO2/c1-16(2)9-12-28-18-14-20-23-17(3)13-21-25(5,11-8-22(27)26(21)6)19(23)7-10-24(20,4)15-18/h16-21,23H,7-15H2,1-6H3/t17-,18-,19-,20-,21+,23?,24+,25+/m0/s1. The molecular weight excluding hydrogens is 346 g/mol. The van der Waals surface area contributed by atoms with E-state index in [1.807, 2.05) is 0 Å². The first kappa shape index (κ1) is 20.7. The number of carbonyl (C=O) groups excluding carboxylic acids is 1. The Hall–Kier alpha value is -0.570. The van der Waals surface area contributed by atoms with Crippen LogP contribution in [0.25, 0.3) is 0 Å². The fourth-order valence-electron chi connectivity index (χ4n) is 8.05. The highest BCUT2D eigenvalue weighted by Gasteiger charge is 2.62. The summed E-state index contributed by atoms with van der Waals surface area (Å²) in [7, 11) is 2.07. The van der Waals surface area contributed by atoms with Gasteiger partial charge in [0, 0.05) is 26.1 Å². The lowest BCUT2D eigenvalue weighted by atomic mass is 9.45. The number of carbonyl (C=O) groups is 1. The van der Waals surface area contributed by atoms with Crippen molar-refractivity contribution in [3.8, 4) is 0 Å². The topological polar surface area (TPSA) is 29.5 Å². The summed E-state index contributed by atoms with van der Waals surface area (Å²) >= 11 is 0. The van der Waals surface area contributed by atoms with E-state index in [9.17, 15) is 4.79 Å². The molecule has 1 aliphatic heterocycles. The van der Waals surface area contributed by atoms with Crippen molar-refractivity contribution in [2.24, 2.45) is 40.4 Å². The molecule has 1 amide bonds. The highest BCUT2D eigenvalue weighted by atomic mass is 16.5. The van der Waals surface area contributed by atoms with Gasteiger partial charge in [-0.1, -0.05) is 34.6 Å². The van der Waals surface area contributed by atoms with Crippen molar-refractivity contribution in [1.82, 2.24) is 4.90 Å². The molecule has 1 unspecified atom stereocenters. The van der Waals surface area contributed by atoms with Crippen molar-refractivity contribution in [3.05, 3.63) is 0 Å². The van der Waals surface area contributed by atoms with E-state index in [4.69, 9.17) is 4.74 Å². The van der Waals surface area contributed by atoms with Gasteiger partial charge in [0.2, 0.25) is 5.91 Å². The van der Waals surface area contributed by atoms with E-state index in [1.54, 1.807) is 0 Å². The molecule has 3 nitrogen and oxygen atoms in total. The van der Waals surface area contributed by atoms with Gasteiger partial charge in [-0.3, -0.25) is 4.79 Å². The molecule has 0 bridgehead atoms. The summed E-state index contributed by atoms with van der Waals surface area (Å²) in [5.41, 5.74) is 0.787. The van der Waals surface area contributed by atoms with E-state index in [0.717, 1.165) is 49.0 Å². The molecule has 1 heterocycles. The number of fused-ring (bicyclic) bond motifs is 5. The zero-order valence-corrected chi connectivity index (χ0v) is 19.2. The second-order valence-electron chi connectivity index (χ2n) is 11.8. The normalized spacial score (nSPS) is 48.4. The van der Waals surface area contributed by atoms with Crippen LogP contribution in [0.5, 0.6) is 0 Å². The Morgan fingerprint density at radius 3 is 2.64 bits per heavy atom. The Labute approximate surface area is 173 Å². The van der Waals surface area contributed by atoms with E-state index < -0.39 is 0 Å². The second-order valence-corrected chi connectivity index (χ2v) is 11.8. The molecule has 4 fully saturated rings. The smallest absolute Gasteiger partial charge is 0.222 e. The lowest BCUT2D eigenvalue weighted by molar-refractivity contribution is -0.164. The largest absolute Gasteiger partial charge is 0.378 e. The molecule has 0 radical (unpaired) electrons. The maximum absolute atomic E-state index is 12.4. The van der Waals surface area contributed by atoms with Gasteiger partial charge in [-0.05, 0) is 85.4 Å². The molecule has 0 N–H and O–H groups in total. The van der Waals surface area contributed by atoms with E-state index in [-0.39, 0.29) is 0 Å². The van der Waals surface area contributed by atoms with Crippen molar-refractivity contribution in [2.45, 2.75) is 98.1 Å². The monoisotopic (exact) mass is 389 g/mol. The summed E-state index contributed by atoms with van der Waals surface area (Å²) in [6.07, 6.45) is 9.97. The van der Waals surface area contributed by atoms with Crippen LogP contribution < -0.4 is 0 Å². The number of likely N-dealkylation sites (tertiary alicyclic amines) is 1. The zero-order chi connectivity index (χ0) is 20.3. The number of nitrogens with zero attached hydrogens (tertiary/aromatic N) is 1. The summed E-state index contributed by atoms with van der Waals surface area (Å²) in [6, 6.07) is 0.453. The highest BCUT2D eigenvalue weighted by Crippen LogP contribution is 2.66. The first-order chi connectivity index (χ1) is 13.2. The second kappa shape index (κ2) is 7.29. The van der Waals surface area contributed by atoms with Crippen molar-refractivity contribution in [3.63, 3.8) is 0 Å². The van der Waals surface area contributed by atoms with Crippen molar-refractivity contribution < 1.29 is 9.53 Å². The molecule has 3 heteroatoms. The molecule has 160 valence electrons. The molecule has 4 rings (SSSR count). The lowest BCUT2D eigenvalue weighted by Crippen LogP contribution is -2.62. The van der Waals surface area contributed by atoms with Gasteiger partial charge < -0.3 is 9.64 Å². The maximum Gasteiger partial charge on any atom is 0.222 e. The molecule has 3 saturated carbocycles. The highest BCUT2D eigenvalue weighted by molar-refractivity contribution is 5.77. The van der Waals surface area contributed by atoms with Crippen molar-refractivity contribution in [2.75, 3.05) is 13.7 Å². The Morgan fingerprint density at radius 2 is 1.93 bits per heavy atom. The van der Waals surface area contributed by atoms with Gasteiger partial charge in [0.25, 0.3) is 0 Å². The van der Waals surface area contributed by atoms with Crippen LogP contribution in [0.2, 0.25) is 0 Å². The first-order valence-corrected chi connectivity index (χ1v) is 12.0. The number of amides is 1. The van der Waals surface area contributed by atoms with Gasteiger partial charge in [0.1, 0.15) is 0 Å². The fourth-order valence-corrected chi connectivity index (χ4v) is 8.05. The van der Waals surface area contributed by atoms with Crippen LogP contribution in [0.1, 0.15) is 86.0 Å². The molecular formula is C25H43NO2. The van der Waals surface area contributed by atoms with E-state index in [0.29, 0.717) is 28.9 Å². The Balaban J connectivity index is 1.53. The SMILES string of the molecule is CC(C)CCO[C@H]1C[C@H]2C3[C@@H](C)C[C@H]4N(C)C(=O)CC[C@]4(C)[C@H]3CC[C@]2(C)C1. The van der Waals surface area contributed by atoms with E-state index in [2.05, 4.69) is 46.6 Å². The minimum atomic E-state index is 0.317. The number of hydrogen-bond acceptors (Lipinski definition) is 2. The van der Waals surface area contributed by atoms with Crippen LogP contribution in [0, 0.1) is 40.4 Å². The van der Waals surface area contributed by atoms with Crippen molar-refractivity contribution >= 4 is 5.91 Å². The quantitative estimate of drug-likeness (QED) is 0.633. The summed E-state index contributed by atoms with van der Waals surface area (Å²) < 4.78 is 6.40. The molecule has 0 spiro atoms. The molecule has 1 saturated heterocycles. The minimum absolute atomic E-state index is 0.317. The van der Waals surface area contributed by atoms with Gasteiger partial charge in [-0.15, -0.1) is 0 Å². The molecule has 0 aromatic carbocycles. The molecule has 0 aromatic rings. The third kappa shape index (κ3) is 3.24. The fraction of sp³-hybridized carbons (Fsp3) is 0.960. The third-order valence-electron chi connectivity index (χ3n) is 9.71. The minimum Gasteiger partial charge on any atom is -0.378 e. The van der Waals surface area contributed by atoms with Crippen LogP contribution >= 0.6 is 0 Å². The first-order valence-electron chi connectivity index (χ1n) is 12.0. The lowest BCUT2D eigenvalue weighted by Gasteiger charge is -2.63. The summed E-state index contributed by atoms with van der Waals surface area (Å²) in [4.78, 5) is 14.5. The van der Waals surface area contributed by atoms with Crippen LogP contribution in [0.4, 0.5) is 0 Å². The van der Waals surface area contributed by atoms with Gasteiger partial charge in [-0.2, -0.15) is 0 Å². The average Bonchev–Trinajstić information content (AvgIpc) is 2.96. The Bertz CT molecular complexity index is 603. The number of hydrogen-bond donors (Lipinski definition) is 0. The zero-order valence-electron chi connectivity index (χ0n) is 19.2. The van der Waals surface area contributed by atoms with Gasteiger partial charge >= 0.3 is 0 Å². The Kier molecular flexibility index (Phi) is 5.39. The Morgan fingerprint density at radius 1 is 1.18 bits per heavy atom. The van der Waals surface area contributed by atoms with E-state index in [1.165, 1.54) is 38.5 Å². The molecule has 3 aliphatic carbocycles. The average molecular weight is 390 g/mol. The number of ether oxygens (including phenoxy) is 1. The summed E-state index contributed by atoms with van der Waals surface area (Å²) in [5, 5.41) is 0. The molecule has 4 aliphatic rings. The number of rotatable bonds is 4. The van der Waals surface area contributed by atoms with Crippen LogP contribution in [-0.4, -0.2) is 36.6 Å². The van der Waals surface area contributed by atoms with Crippen LogP contribution in [-0.2, 0) is 9.53 Å². The molecule has 0 aromatic heterocycles. The van der Waals surface area contributed by atoms with Crippen molar-refractivity contribution in [1.29, 1.82) is 0 Å². The molecule has 28 heavy (non-hydrogen) atoms. The molecule has 8 atom stereocenters. The third-order valence-corrected chi connectivity index (χ3v) is 9.71. The predicted octanol–water partition coefficient (Wildman–Crippen LogP) is 5.53. The predicted molar refractivity (Wildman–Crippen MR) is 114 cm³/mol. The summed E-state index contributed by atoms with van der Waals surface area (Å²) in [5.74, 6) is 4.23. The van der Waals surface area contributed by atoms with Crippen LogP contribution in [0.3, 0.4) is 0 Å². The number of piperidine rings is 1.